The monoisotopic (exact) mass is 459 g/mol. The molecule has 3 aromatic rings. The summed E-state index contributed by atoms with van der Waals surface area (Å²) >= 11 is 0. The summed E-state index contributed by atoms with van der Waals surface area (Å²) in [5.74, 6) is 0.228. The Kier molecular flexibility index (Phi) is 5.90. The summed E-state index contributed by atoms with van der Waals surface area (Å²) < 4.78 is 2.18. The fourth-order valence-electron chi connectivity index (χ4n) is 5.55. The van der Waals surface area contributed by atoms with Crippen molar-refractivity contribution in [2.45, 2.75) is 45.3 Å². The van der Waals surface area contributed by atoms with Crippen molar-refractivity contribution < 1.29 is 9.59 Å². The first kappa shape index (κ1) is 22.6. The Hall–Kier alpha value is -3.19. The molecule has 34 heavy (non-hydrogen) atoms. The largest absolute Gasteiger partial charge is 0.350 e. The molecule has 7 nitrogen and oxygen atoms in total. The van der Waals surface area contributed by atoms with Crippen LogP contribution in [-0.4, -0.2) is 61.4 Å². The first-order chi connectivity index (χ1) is 16.4. The zero-order valence-electron chi connectivity index (χ0n) is 20.3. The maximum absolute atomic E-state index is 13.7. The topological polar surface area (TPSA) is 61.7 Å². The van der Waals surface area contributed by atoms with Crippen molar-refractivity contribution in [3.63, 3.8) is 0 Å². The lowest BCUT2D eigenvalue weighted by molar-refractivity contribution is -0.136. The van der Waals surface area contributed by atoms with Crippen LogP contribution in [0.25, 0.3) is 10.9 Å². The summed E-state index contributed by atoms with van der Waals surface area (Å²) in [6, 6.07) is 13.9. The van der Waals surface area contributed by atoms with Crippen LogP contribution in [0.15, 0.2) is 54.9 Å². The predicted molar refractivity (Wildman–Crippen MR) is 132 cm³/mol. The number of aromatic nitrogens is 2. The third kappa shape index (κ3) is 3.88. The lowest BCUT2D eigenvalue weighted by atomic mass is 9.85. The van der Waals surface area contributed by atoms with Crippen LogP contribution in [0, 0.1) is 5.92 Å². The van der Waals surface area contributed by atoms with Crippen LogP contribution in [0.1, 0.15) is 37.9 Å². The molecular formula is C27H33N5O2. The van der Waals surface area contributed by atoms with Gasteiger partial charge in [0.15, 0.2) is 0 Å². The van der Waals surface area contributed by atoms with Gasteiger partial charge in [-0.15, -0.1) is 0 Å². The molecule has 0 N–H and O–H groups in total. The van der Waals surface area contributed by atoms with E-state index in [1.165, 1.54) is 21.4 Å². The molecule has 2 aliphatic rings. The molecule has 2 fully saturated rings. The van der Waals surface area contributed by atoms with Gasteiger partial charge in [0.25, 0.3) is 5.91 Å². The number of fused-ring (bicyclic) bond motifs is 1. The maximum Gasteiger partial charge on any atom is 0.328 e. The first-order valence-corrected chi connectivity index (χ1v) is 12.2. The van der Waals surface area contributed by atoms with Crippen molar-refractivity contribution in [1.29, 1.82) is 0 Å². The molecule has 5 rings (SSSR count). The Bertz CT molecular complexity index is 1190. The van der Waals surface area contributed by atoms with E-state index < -0.39 is 5.54 Å². The summed E-state index contributed by atoms with van der Waals surface area (Å²) in [6.45, 7) is 7.44. The predicted octanol–water partition coefficient (Wildman–Crippen LogP) is 4.03. The van der Waals surface area contributed by atoms with Gasteiger partial charge in [-0.05, 0) is 42.5 Å². The number of nitrogens with zero attached hydrogens (tertiary/aromatic N) is 5. The first-order valence-electron chi connectivity index (χ1n) is 12.2. The number of hydrogen-bond acceptors (Lipinski definition) is 4. The van der Waals surface area contributed by atoms with E-state index in [4.69, 9.17) is 0 Å². The average molecular weight is 460 g/mol. The maximum atomic E-state index is 13.7. The molecular weight excluding hydrogens is 426 g/mol. The molecule has 0 aliphatic carbocycles. The molecule has 0 radical (unpaired) electrons. The number of imide groups is 1. The highest BCUT2D eigenvalue weighted by molar-refractivity contribution is 6.07. The number of pyridine rings is 1. The van der Waals surface area contributed by atoms with E-state index in [0.717, 1.165) is 25.3 Å². The minimum absolute atomic E-state index is 0.0615. The number of aryl methyl sites for hydroxylation is 1. The van der Waals surface area contributed by atoms with E-state index in [0.29, 0.717) is 19.4 Å². The molecule has 1 spiro atoms. The van der Waals surface area contributed by atoms with Crippen LogP contribution in [-0.2, 0) is 24.9 Å². The second-order valence-electron chi connectivity index (χ2n) is 10.1. The summed E-state index contributed by atoms with van der Waals surface area (Å²) in [6.07, 6.45) is 5.23. The van der Waals surface area contributed by atoms with E-state index in [2.05, 4.69) is 65.8 Å². The molecule has 2 saturated heterocycles. The third-order valence-electron chi connectivity index (χ3n) is 7.27. The smallest absolute Gasteiger partial charge is 0.328 e. The third-order valence-corrected chi connectivity index (χ3v) is 7.27. The van der Waals surface area contributed by atoms with Crippen molar-refractivity contribution >= 4 is 22.8 Å². The van der Waals surface area contributed by atoms with Crippen molar-refractivity contribution in [2.75, 3.05) is 19.6 Å². The Labute approximate surface area is 201 Å². The molecule has 7 heteroatoms. The number of benzene rings is 1. The number of rotatable bonds is 6. The van der Waals surface area contributed by atoms with Gasteiger partial charge in [-0.25, -0.2) is 4.79 Å². The van der Waals surface area contributed by atoms with Gasteiger partial charge in [0, 0.05) is 56.5 Å². The van der Waals surface area contributed by atoms with Crippen molar-refractivity contribution in [1.82, 2.24) is 24.3 Å². The summed E-state index contributed by atoms with van der Waals surface area (Å²) in [4.78, 5) is 37.2. The molecule has 4 heterocycles. The molecule has 0 bridgehead atoms. The van der Waals surface area contributed by atoms with E-state index in [1.54, 1.807) is 6.20 Å². The highest BCUT2D eigenvalue weighted by Crippen LogP contribution is 2.39. The number of carbonyl (C=O) groups is 2. The van der Waals surface area contributed by atoms with Crippen LogP contribution in [0.5, 0.6) is 0 Å². The van der Waals surface area contributed by atoms with E-state index >= 15 is 0 Å². The number of para-hydroxylation sites is 1. The highest BCUT2D eigenvalue weighted by atomic mass is 16.2. The quantitative estimate of drug-likeness (QED) is 0.522. The second-order valence-corrected chi connectivity index (χ2v) is 10.1. The SMILES string of the molecule is CC(C)CN1C(=O)N(Cc2ccccn2)C(=O)C12CCN(Cc1cn(C)c3ccccc13)CC2. The van der Waals surface area contributed by atoms with Gasteiger partial charge >= 0.3 is 6.03 Å². The number of carbonyl (C=O) groups excluding carboxylic acids is 2. The molecule has 3 amide bonds. The summed E-state index contributed by atoms with van der Waals surface area (Å²) in [5.41, 5.74) is 2.53. The van der Waals surface area contributed by atoms with Gasteiger partial charge in [-0.2, -0.15) is 0 Å². The van der Waals surface area contributed by atoms with Gasteiger partial charge in [0.2, 0.25) is 0 Å². The van der Waals surface area contributed by atoms with Crippen LogP contribution >= 0.6 is 0 Å². The van der Waals surface area contributed by atoms with E-state index in [9.17, 15) is 9.59 Å². The van der Waals surface area contributed by atoms with E-state index in [-0.39, 0.29) is 24.4 Å². The van der Waals surface area contributed by atoms with Gasteiger partial charge in [0.1, 0.15) is 5.54 Å². The molecule has 2 aromatic heterocycles. The standard InChI is InChI=1S/C27H33N5O2/c1-20(2)16-32-26(34)31(19-22-8-6-7-13-28-22)25(33)27(32)11-14-30(15-12-27)18-21-17-29(3)24-10-5-4-9-23(21)24/h4-10,13,17,20H,11-12,14-16,18-19H2,1-3H3. The molecule has 0 saturated carbocycles. The Morgan fingerprint density at radius 2 is 1.74 bits per heavy atom. The lowest BCUT2D eigenvalue weighted by Gasteiger charge is -2.42. The van der Waals surface area contributed by atoms with Crippen LogP contribution in [0.2, 0.25) is 0 Å². The number of amides is 3. The Morgan fingerprint density at radius 1 is 1.00 bits per heavy atom. The zero-order valence-corrected chi connectivity index (χ0v) is 20.3. The van der Waals surface area contributed by atoms with Gasteiger partial charge in [-0.3, -0.25) is 19.6 Å². The minimum Gasteiger partial charge on any atom is -0.350 e. The van der Waals surface area contributed by atoms with Crippen molar-refractivity contribution in [3.05, 3.63) is 66.1 Å². The molecule has 0 atom stereocenters. The fourth-order valence-corrected chi connectivity index (χ4v) is 5.55. The average Bonchev–Trinajstić information content (AvgIpc) is 3.24. The van der Waals surface area contributed by atoms with Crippen LogP contribution in [0.3, 0.4) is 0 Å². The second kappa shape index (κ2) is 8.87. The Balaban J connectivity index is 1.35. The fraction of sp³-hybridized carbons (Fsp3) is 0.444. The Morgan fingerprint density at radius 3 is 2.44 bits per heavy atom. The van der Waals surface area contributed by atoms with E-state index in [1.807, 2.05) is 23.1 Å². The lowest BCUT2D eigenvalue weighted by Crippen LogP contribution is -2.57. The number of hydrogen-bond donors (Lipinski definition) is 0. The normalized spacial score (nSPS) is 18.7. The minimum atomic E-state index is -0.745. The highest BCUT2D eigenvalue weighted by Gasteiger charge is 2.57. The van der Waals surface area contributed by atoms with Crippen LogP contribution in [0.4, 0.5) is 4.79 Å². The summed E-state index contributed by atoms with van der Waals surface area (Å²) in [7, 11) is 2.08. The van der Waals surface area contributed by atoms with Gasteiger partial charge < -0.3 is 9.47 Å². The molecule has 178 valence electrons. The summed E-state index contributed by atoms with van der Waals surface area (Å²) in [5, 5.41) is 1.28. The van der Waals surface area contributed by atoms with Crippen molar-refractivity contribution in [2.24, 2.45) is 13.0 Å². The number of urea groups is 1. The molecule has 0 unspecified atom stereocenters. The molecule has 2 aliphatic heterocycles. The number of piperidine rings is 1. The molecule has 1 aromatic carbocycles. The van der Waals surface area contributed by atoms with Gasteiger partial charge in [-0.1, -0.05) is 38.1 Å². The van der Waals surface area contributed by atoms with Crippen LogP contribution < -0.4 is 0 Å². The number of likely N-dealkylation sites (tertiary alicyclic amines) is 1. The van der Waals surface area contributed by atoms with Crippen molar-refractivity contribution in [3.8, 4) is 0 Å². The van der Waals surface area contributed by atoms with Gasteiger partial charge in [0.05, 0.1) is 12.2 Å². The zero-order chi connectivity index (χ0) is 23.9.